The number of halogens is 1. The summed E-state index contributed by atoms with van der Waals surface area (Å²) in [7, 11) is 1.67. The molecule has 0 unspecified atom stereocenters. The number of rotatable bonds is 10. The zero-order valence-corrected chi connectivity index (χ0v) is 38.5. The topological polar surface area (TPSA) is 191 Å². The second kappa shape index (κ2) is 17.7. The number of benzene rings is 1. The van der Waals surface area contributed by atoms with E-state index in [-0.39, 0.29) is 48.1 Å². The second-order valence-electron chi connectivity index (χ2n) is 18.8. The molecule has 0 spiro atoms. The number of piperazine rings is 1. The zero-order valence-electron chi connectivity index (χ0n) is 38.5. The van der Waals surface area contributed by atoms with Crippen LogP contribution in [0, 0.1) is 23.1 Å². The van der Waals surface area contributed by atoms with E-state index >= 15 is 4.39 Å². The lowest BCUT2D eigenvalue weighted by molar-refractivity contribution is -0.126. The molecule has 18 nitrogen and oxygen atoms in total. The number of hydrogen-bond acceptors (Lipinski definition) is 12. The van der Waals surface area contributed by atoms with Crippen LogP contribution in [0.1, 0.15) is 83.7 Å². The fourth-order valence-electron chi connectivity index (χ4n) is 10.5. The van der Waals surface area contributed by atoms with Gasteiger partial charge < -0.3 is 15.1 Å². The molecule has 3 aliphatic heterocycles. The van der Waals surface area contributed by atoms with Crippen molar-refractivity contribution in [3.63, 3.8) is 0 Å². The number of nitriles is 1. The Kier molecular flexibility index (Phi) is 11.6. The number of urea groups is 1. The van der Waals surface area contributed by atoms with Crippen molar-refractivity contribution in [2.45, 2.75) is 89.8 Å². The number of nitrogens with one attached hydrogen (secondary N) is 2. The van der Waals surface area contributed by atoms with Gasteiger partial charge in [0.2, 0.25) is 11.8 Å². The van der Waals surface area contributed by atoms with Crippen molar-refractivity contribution in [2.24, 2.45) is 13.0 Å². The van der Waals surface area contributed by atoms with E-state index in [0.717, 1.165) is 88.1 Å². The quantitative estimate of drug-likeness (QED) is 0.168. The van der Waals surface area contributed by atoms with E-state index in [1.165, 1.54) is 9.58 Å². The highest BCUT2D eigenvalue weighted by atomic mass is 19.1. The zero-order chi connectivity index (χ0) is 46.6. The molecule has 10 rings (SSSR count). The lowest BCUT2D eigenvalue weighted by atomic mass is 9.84. The summed E-state index contributed by atoms with van der Waals surface area (Å²) in [6.45, 7) is 10.8. The summed E-state index contributed by atoms with van der Waals surface area (Å²) in [5.74, 6) is 0.549. The third-order valence-corrected chi connectivity index (χ3v) is 14.6. The van der Waals surface area contributed by atoms with Crippen LogP contribution in [-0.2, 0) is 16.6 Å². The van der Waals surface area contributed by atoms with Crippen LogP contribution in [-0.4, -0.2) is 119 Å². The molecule has 3 saturated heterocycles. The van der Waals surface area contributed by atoms with Gasteiger partial charge in [0.05, 0.1) is 41.7 Å². The molecule has 2 N–H and O–H groups in total. The van der Waals surface area contributed by atoms with Gasteiger partial charge in [0.15, 0.2) is 11.6 Å². The average Bonchev–Trinajstić information content (AvgIpc) is 4.10. The normalized spacial score (nSPS) is 20.5. The number of imide groups is 1. The molecule has 67 heavy (non-hydrogen) atoms. The van der Waals surface area contributed by atoms with Gasteiger partial charge in [-0.25, -0.2) is 23.7 Å². The number of hydrogen-bond donors (Lipinski definition) is 2. The molecule has 4 aliphatic rings. The molecule has 0 radical (unpaired) electrons. The Bertz CT molecular complexity index is 2890. The fraction of sp³-hybridized carbons (Fsp3) is 0.479. The molecular formula is C48H56FN15O3. The Morgan fingerprint density at radius 3 is 2.36 bits per heavy atom. The highest BCUT2D eigenvalue weighted by Crippen LogP contribution is 2.37. The van der Waals surface area contributed by atoms with Crippen molar-refractivity contribution >= 4 is 51.6 Å². The summed E-state index contributed by atoms with van der Waals surface area (Å²) in [4.78, 5) is 55.1. The van der Waals surface area contributed by atoms with E-state index in [1.54, 1.807) is 23.8 Å². The minimum absolute atomic E-state index is 0.0551. The third-order valence-electron chi connectivity index (χ3n) is 14.6. The number of anilines is 3. The van der Waals surface area contributed by atoms with Gasteiger partial charge >= 0.3 is 6.03 Å². The van der Waals surface area contributed by atoms with Crippen molar-refractivity contribution < 1.29 is 18.8 Å². The van der Waals surface area contributed by atoms with Crippen LogP contribution in [0.3, 0.4) is 0 Å². The number of aromatic nitrogens is 8. The van der Waals surface area contributed by atoms with E-state index in [1.807, 2.05) is 50.6 Å². The molecule has 5 aromatic heterocycles. The largest absolute Gasteiger partial charge is 0.367 e. The predicted octanol–water partition coefficient (Wildman–Crippen LogP) is 5.83. The SMILES string of the molecule is CCC1(NC(=O)C(C)C)CCN(c2ccc(-c3nc(-c4cnn(C5CCC(N6CCN(c7ccc8c(N9CCC(=O)NC9=O)nn(C)c8c7F)CC6)CC5)c4)cn4ncc(C#N)c34)cn2)CC1. The summed E-state index contributed by atoms with van der Waals surface area (Å²) in [5, 5.41) is 30.0. The summed E-state index contributed by atoms with van der Waals surface area (Å²) in [6, 6.07) is 10.0. The minimum Gasteiger partial charge on any atom is -0.367 e. The van der Waals surface area contributed by atoms with Crippen molar-refractivity contribution in [2.75, 3.05) is 60.5 Å². The molecule has 1 saturated carbocycles. The van der Waals surface area contributed by atoms with Crippen LogP contribution in [0.15, 0.2) is 55.2 Å². The Morgan fingerprint density at radius 1 is 0.910 bits per heavy atom. The van der Waals surface area contributed by atoms with E-state index in [9.17, 15) is 19.6 Å². The molecule has 0 bridgehead atoms. The maximum absolute atomic E-state index is 16.2. The number of fused-ring (bicyclic) bond motifs is 2. The van der Waals surface area contributed by atoms with Gasteiger partial charge in [-0.1, -0.05) is 20.8 Å². The first-order valence-electron chi connectivity index (χ1n) is 23.5. The van der Waals surface area contributed by atoms with Gasteiger partial charge in [-0.3, -0.25) is 34.1 Å². The Labute approximate surface area is 387 Å². The lowest BCUT2D eigenvalue weighted by Crippen LogP contribution is -2.56. The average molecular weight is 910 g/mol. The molecular weight excluding hydrogens is 854 g/mol. The molecule has 8 heterocycles. The number of nitrogens with zero attached hydrogens (tertiary/aromatic N) is 13. The molecule has 0 atom stereocenters. The van der Waals surface area contributed by atoms with Gasteiger partial charge in [0.1, 0.15) is 28.5 Å². The summed E-state index contributed by atoms with van der Waals surface area (Å²) in [5.41, 5.74) is 4.66. The molecule has 6 aromatic rings. The Balaban J connectivity index is 0.777. The Morgan fingerprint density at radius 2 is 1.67 bits per heavy atom. The number of carbonyl (C=O) groups excluding carboxylic acids is 3. The molecule has 4 fully saturated rings. The highest BCUT2D eigenvalue weighted by molar-refractivity contribution is 6.09. The van der Waals surface area contributed by atoms with Gasteiger partial charge in [-0.15, -0.1) is 0 Å². The van der Waals surface area contributed by atoms with Gasteiger partial charge in [-0.2, -0.15) is 20.6 Å². The summed E-state index contributed by atoms with van der Waals surface area (Å²) < 4.78 is 21.5. The van der Waals surface area contributed by atoms with Crippen molar-refractivity contribution in [1.29, 1.82) is 5.26 Å². The Hall–Kier alpha value is -6.94. The van der Waals surface area contributed by atoms with Crippen molar-refractivity contribution in [3.8, 4) is 28.6 Å². The van der Waals surface area contributed by atoms with Crippen molar-refractivity contribution in [3.05, 3.63) is 66.6 Å². The van der Waals surface area contributed by atoms with Gasteiger partial charge in [0.25, 0.3) is 0 Å². The second-order valence-corrected chi connectivity index (χ2v) is 18.8. The van der Waals surface area contributed by atoms with Crippen molar-refractivity contribution in [1.82, 2.24) is 54.7 Å². The number of amides is 4. The van der Waals surface area contributed by atoms with Crippen LogP contribution in [0.2, 0.25) is 0 Å². The summed E-state index contributed by atoms with van der Waals surface area (Å²) in [6.07, 6.45) is 15.9. The van der Waals surface area contributed by atoms with Crippen LogP contribution in [0.25, 0.3) is 38.9 Å². The summed E-state index contributed by atoms with van der Waals surface area (Å²) >= 11 is 0. The lowest BCUT2D eigenvalue weighted by Gasteiger charge is -2.42. The highest BCUT2D eigenvalue weighted by Gasteiger charge is 2.36. The minimum atomic E-state index is -0.548. The van der Waals surface area contributed by atoms with E-state index in [4.69, 9.17) is 15.1 Å². The fourth-order valence-corrected chi connectivity index (χ4v) is 10.5. The first-order chi connectivity index (χ1) is 32.4. The van der Waals surface area contributed by atoms with Gasteiger partial charge in [-0.05, 0) is 69.2 Å². The van der Waals surface area contributed by atoms with Crippen LogP contribution in [0.4, 0.5) is 26.5 Å². The smallest absolute Gasteiger partial charge is 0.329 e. The standard InChI is InChI=1S/C48H56FN15O3/c1-5-48(56-46(66)30(2)3)15-18-61(19-16-48)39-13-6-31(25-51-39)42-43-32(24-50)26-53-64(43)29-37(54-42)33-27-52-63(28-33)35-9-7-34(8-10-35)59-20-22-60(23-21-59)38-12-11-36-44(41(38)49)58(4)57-45(36)62-17-14-40(65)55-47(62)67/h6,11-13,25-30,34-35H,5,7-10,14-23H2,1-4H3,(H,56,66)(H,55,65,67). The van der Waals surface area contributed by atoms with Crippen LogP contribution < -0.4 is 25.3 Å². The first-order valence-corrected chi connectivity index (χ1v) is 23.5. The predicted molar refractivity (Wildman–Crippen MR) is 251 cm³/mol. The molecule has 19 heteroatoms. The maximum atomic E-state index is 16.2. The first kappa shape index (κ1) is 43.9. The number of piperidine rings is 1. The monoisotopic (exact) mass is 909 g/mol. The number of carbonyl (C=O) groups is 3. The van der Waals surface area contributed by atoms with E-state index in [0.29, 0.717) is 64.0 Å². The van der Waals surface area contributed by atoms with E-state index in [2.05, 4.69) is 59.4 Å². The maximum Gasteiger partial charge on any atom is 0.329 e. The molecule has 1 aliphatic carbocycles. The molecule has 1 aromatic carbocycles. The number of pyridine rings is 1. The van der Waals surface area contributed by atoms with Crippen LogP contribution >= 0.6 is 0 Å². The van der Waals surface area contributed by atoms with E-state index < -0.39 is 6.03 Å². The third kappa shape index (κ3) is 8.21. The van der Waals surface area contributed by atoms with Crippen LogP contribution in [0.5, 0.6) is 0 Å². The molecule has 348 valence electrons. The molecule has 4 amide bonds. The van der Waals surface area contributed by atoms with Gasteiger partial charge in [0, 0.05) is 106 Å². The number of aryl methyl sites for hydroxylation is 1.